The van der Waals surface area contributed by atoms with E-state index >= 15 is 0 Å². The minimum absolute atomic E-state index is 0.101. The van der Waals surface area contributed by atoms with E-state index in [1.807, 2.05) is 0 Å². The van der Waals surface area contributed by atoms with Gasteiger partial charge in [-0.05, 0) is 6.07 Å². The zero-order chi connectivity index (χ0) is 16.4. The van der Waals surface area contributed by atoms with E-state index in [2.05, 4.69) is 20.5 Å². The van der Waals surface area contributed by atoms with E-state index in [0.717, 1.165) is 0 Å². The second-order valence-electron chi connectivity index (χ2n) is 4.78. The third kappa shape index (κ3) is 3.21. The zero-order valence-electron chi connectivity index (χ0n) is 12.1. The molecule has 0 saturated carbocycles. The molecule has 118 valence electrons. The standard InChI is InChI=1S/C14H12ClFN6O/c1-21-12(10(15)6-18-21)13(23)19-14-17-8-22(20-14)7-9-4-2-3-5-11(9)16/h2-6,8H,7H2,1H3,(H,19,20,23). The van der Waals surface area contributed by atoms with Crippen LogP contribution in [0.5, 0.6) is 0 Å². The van der Waals surface area contributed by atoms with E-state index in [-0.39, 0.29) is 29.0 Å². The molecule has 7 nitrogen and oxygen atoms in total. The summed E-state index contributed by atoms with van der Waals surface area (Å²) in [7, 11) is 1.60. The van der Waals surface area contributed by atoms with Crippen molar-refractivity contribution in [1.29, 1.82) is 0 Å². The molecule has 0 aliphatic heterocycles. The van der Waals surface area contributed by atoms with Gasteiger partial charge < -0.3 is 0 Å². The molecule has 0 spiro atoms. The number of carbonyl (C=O) groups excluding carboxylic acids is 1. The van der Waals surface area contributed by atoms with Crippen molar-refractivity contribution < 1.29 is 9.18 Å². The monoisotopic (exact) mass is 334 g/mol. The molecule has 3 rings (SSSR count). The largest absolute Gasteiger partial charge is 0.288 e. The Labute approximate surface area is 135 Å². The Morgan fingerprint density at radius 3 is 2.87 bits per heavy atom. The van der Waals surface area contributed by atoms with Crippen molar-refractivity contribution in [2.24, 2.45) is 7.05 Å². The van der Waals surface area contributed by atoms with Gasteiger partial charge in [-0.2, -0.15) is 5.10 Å². The van der Waals surface area contributed by atoms with Crippen LogP contribution in [0.1, 0.15) is 16.1 Å². The lowest BCUT2D eigenvalue weighted by molar-refractivity contribution is 0.101. The number of carbonyl (C=O) groups is 1. The van der Waals surface area contributed by atoms with E-state index in [1.165, 1.54) is 28.0 Å². The Kier molecular flexibility index (Phi) is 4.07. The fraction of sp³-hybridized carbons (Fsp3) is 0.143. The molecule has 2 heterocycles. The van der Waals surface area contributed by atoms with Gasteiger partial charge in [0.1, 0.15) is 17.8 Å². The van der Waals surface area contributed by atoms with Gasteiger partial charge in [0.05, 0.1) is 17.8 Å². The number of anilines is 1. The molecule has 0 aliphatic carbocycles. The third-order valence-corrected chi connectivity index (χ3v) is 3.44. The van der Waals surface area contributed by atoms with Crippen LogP contribution in [0.2, 0.25) is 5.02 Å². The number of rotatable bonds is 4. The first-order chi connectivity index (χ1) is 11.0. The first-order valence-corrected chi connectivity index (χ1v) is 7.04. The SMILES string of the molecule is Cn1ncc(Cl)c1C(=O)Nc1ncn(Cc2ccccc2F)n1. The summed E-state index contributed by atoms with van der Waals surface area (Å²) in [6, 6.07) is 6.38. The summed E-state index contributed by atoms with van der Waals surface area (Å²) in [6.45, 7) is 0.210. The summed E-state index contributed by atoms with van der Waals surface area (Å²) in [5.41, 5.74) is 0.682. The lowest BCUT2D eigenvalue weighted by Gasteiger charge is -2.03. The van der Waals surface area contributed by atoms with E-state index in [9.17, 15) is 9.18 Å². The minimum atomic E-state index is -0.473. The van der Waals surface area contributed by atoms with E-state index in [4.69, 9.17) is 11.6 Å². The average molecular weight is 335 g/mol. The maximum atomic E-state index is 13.6. The second kappa shape index (κ2) is 6.17. The van der Waals surface area contributed by atoms with Crippen molar-refractivity contribution in [3.63, 3.8) is 0 Å². The van der Waals surface area contributed by atoms with Crippen molar-refractivity contribution in [2.75, 3.05) is 5.32 Å². The molecule has 3 aromatic rings. The number of benzene rings is 1. The molecular formula is C14H12ClFN6O. The lowest BCUT2D eigenvalue weighted by Crippen LogP contribution is -2.17. The smallest absolute Gasteiger partial charge is 0.277 e. The highest BCUT2D eigenvalue weighted by Crippen LogP contribution is 2.15. The molecule has 0 unspecified atom stereocenters. The Morgan fingerprint density at radius 1 is 1.39 bits per heavy atom. The first-order valence-electron chi connectivity index (χ1n) is 6.66. The summed E-state index contributed by atoms with van der Waals surface area (Å²) < 4.78 is 16.4. The minimum Gasteiger partial charge on any atom is -0.288 e. The number of nitrogens with one attached hydrogen (secondary N) is 1. The van der Waals surface area contributed by atoms with Crippen LogP contribution in [0.25, 0.3) is 0 Å². The van der Waals surface area contributed by atoms with Crippen molar-refractivity contribution in [2.45, 2.75) is 6.54 Å². The van der Waals surface area contributed by atoms with Gasteiger partial charge in [-0.25, -0.2) is 14.1 Å². The molecule has 0 bridgehead atoms. The van der Waals surface area contributed by atoms with Crippen LogP contribution in [0.3, 0.4) is 0 Å². The molecular weight excluding hydrogens is 323 g/mol. The molecule has 2 aromatic heterocycles. The van der Waals surface area contributed by atoms with E-state index < -0.39 is 5.91 Å². The summed E-state index contributed by atoms with van der Waals surface area (Å²) in [4.78, 5) is 16.1. The number of aromatic nitrogens is 5. The van der Waals surface area contributed by atoms with Crippen molar-refractivity contribution in [3.05, 3.63) is 58.9 Å². The first kappa shape index (κ1) is 15.2. The van der Waals surface area contributed by atoms with Gasteiger partial charge >= 0.3 is 0 Å². The molecule has 9 heteroatoms. The Morgan fingerprint density at radius 2 is 2.17 bits per heavy atom. The van der Waals surface area contributed by atoms with Crippen LogP contribution >= 0.6 is 11.6 Å². The summed E-state index contributed by atoms with van der Waals surface area (Å²) in [5.74, 6) is -0.697. The van der Waals surface area contributed by atoms with Crippen LogP contribution in [0.15, 0.2) is 36.8 Å². The zero-order valence-corrected chi connectivity index (χ0v) is 12.8. The number of nitrogens with zero attached hydrogens (tertiary/aromatic N) is 5. The summed E-state index contributed by atoms with van der Waals surface area (Å²) in [6.07, 6.45) is 2.79. The lowest BCUT2D eigenvalue weighted by atomic mass is 10.2. The van der Waals surface area contributed by atoms with Crippen LogP contribution < -0.4 is 5.32 Å². The van der Waals surface area contributed by atoms with Crippen molar-refractivity contribution >= 4 is 23.5 Å². The van der Waals surface area contributed by atoms with Gasteiger partial charge in [-0.1, -0.05) is 29.8 Å². The number of amides is 1. The number of hydrogen-bond acceptors (Lipinski definition) is 4. The van der Waals surface area contributed by atoms with Crippen molar-refractivity contribution in [3.8, 4) is 0 Å². The highest BCUT2D eigenvalue weighted by Gasteiger charge is 2.17. The number of halogens is 2. The van der Waals surface area contributed by atoms with Gasteiger partial charge in [-0.15, -0.1) is 5.10 Å². The topological polar surface area (TPSA) is 77.6 Å². The average Bonchev–Trinajstić information content (AvgIpc) is 3.08. The summed E-state index contributed by atoms with van der Waals surface area (Å²) in [5, 5.41) is 10.7. The Bertz CT molecular complexity index is 839. The van der Waals surface area contributed by atoms with Crippen LogP contribution in [0, 0.1) is 5.82 Å². The van der Waals surface area contributed by atoms with E-state index in [1.54, 1.807) is 25.2 Å². The van der Waals surface area contributed by atoms with Gasteiger partial charge in [0.2, 0.25) is 5.95 Å². The Balaban J connectivity index is 1.73. The molecule has 0 radical (unpaired) electrons. The second-order valence-corrected chi connectivity index (χ2v) is 5.18. The quantitative estimate of drug-likeness (QED) is 0.792. The highest BCUT2D eigenvalue weighted by atomic mass is 35.5. The fourth-order valence-corrected chi connectivity index (χ4v) is 2.31. The molecule has 0 saturated heterocycles. The molecule has 1 aromatic carbocycles. The van der Waals surface area contributed by atoms with Gasteiger partial charge in [0, 0.05) is 12.6 Å². The molecule has 23 heavy (non-hydrogen) atoms. The number of aryl methyl sites for hydroxylation is 1. The van der Waals surface area contributed by atoms with Crippen LogP contribution in [0.4, 0.5) is 10.3 Å². The molecule has 0 atom stereocenters. The normalized spacial score (nSPS) is 10.7. The molecule has 0 fully saturated rings. The fourth-order valence-electron chi connectivity index (χ4n) is 2.06. The van der Waals surface area contributed by atoms with Crippen LogP contribution in [-0.4, -0.2) is 30.5 Å². The van der Waals surface area contributed by atoms with Gasteiger partial charge in [0.25, 0.3) is 5.91 Å². The maximum Gasteiger partial charge on any atom is 0.277 e. The molecule has 1 N–H and O–H groups in total. The third-order valence-electron chi connectivity index (χ3n) is 3.16. The van der Waals surface area contributed by atoms with Gasteiger partial charge in [-0.3, -0.25) is 14.8 Å². The highest BCUT2D eigenvalue weighted by molar-refractivity contribution is 6.34. The molecule has 0 aliphatic rings. The van der Waals surface area contributed by atoms with Crippen LogP contribution in [-0.2, 0) is 13.6 Å². The van der Waals surface area contributed by atoms with E-state index in [0.29, 0.717) is 5.56 Å². The predicted octanol–water partition coefficient (Wildman–Crippen LogP) is 2.10. The maximum absolute atomic E-state index is 13.6. The summed E-state index contributed by atoms with van der Waals surface area (Å²) >= 11 is 5.90. The predicted molar refractivity (Wildman–Crippen MR) is 81.7 cm³/mol. The molecule has 1 amide bonds. The van der Waals surface area contributed by atoms with Gasteiger partial charge in [0.15, 0.2) is 0 Å². The number of hydrogen-bond donors (Lipinski definition) is 1. The Hall–Kier alpha value is -2.74. The van der Waals surface area contributed by atoms with Crippen molar-refractivity contribution in [1.82, 2.24) is 24.5 Å².